The van der Waals surface area contributed by atoms with Crippen molar-refractivity contribution >= 4 is 17.4 Å². The van der Waals surface area contributed by atoms with E-state index in [1.165, 1.54) is 17.0 Å². The fourth-order valence-corrected chi connectivity index (χ4v) is 3.98. The number of aliphatic hydroxyl groups is 1. The third-order valence-electron chi connectivity index (χ3n) is 5.56. The van der Waals surface area contributed by atoms with Crippen molar-refractivity contribution in [2.75, 3.05) is 6.54 Å². The van der Waals surface area contributed by atoms with Crippen LogP contribution in [0.5, 0.6) is 5.75 Å². The molecule has 0 aliphatic carbocycles. The second kappa shape index (κ2) is 9.87. The fourth-order valence-electron chi connectivity index (χ4n) is 3.98. The second-order valence-corrected chi connectivity index (χ2v) is 8.31. The molecule has 1 fully saturated rings. The lowest BCUT2D eigenvalue weighted by atomic mass is 9.98. The number of halogens is 1. The van der Waals surface area contributed by atoms with Gasteiger partial charge in [0.25, 0.3) is 11.7 Å². The number of benzene rings is 2. The number of aromatic nitrogens is 1. The molecule has 0 saturated carbocycles. The molecule has 1 unspecified atom stereocenters. The van der Waals surface area contributed by atoms with Gasteiger partial charge < -0.3 is 14.7 Å². The number of hydrogen-bond acceptors (Lipinski definition) is 5. The molecule has 0 radical (unpaired) electrons. The Bertz CT molecular complexity index is 1210. The van der Waals surface area contributed by atoms with Crippen molar-refractivity contribution in [3.05, 3.63) is 101 Å². The molecule has 1 amide bonds. The van der Waals surface area contributed by atoms with Gasteiger partial charge in [-0.15, -0.1) is 0 Å². The van der Waals surface area contributed by atoms with Gasteiger partial charge in [-0.05, 0) is 74.4 Å². The second-order valence-electron chi connectivity index (χ2n) is 8.31. The number of carbonyl (C=O) groups is 2. The molecule has 1 aliphatic heterocycles. The Hall–Kier alpha value is -4.00. The Kier molecular flexibility index (Phi) is 6.72. The summed E-state index contributed by atoms with van der Waals surface area (Å²) >= 11 is 0. The normalized spacial score (nSPS) is 17.4. The molecule has 1 N–H and O–H groups in total. The lowest BCUT2D eigenvalue weighted by Crippen LogP contribution is -2.32. The largest absolute Gasteiger partial charge is 0.507 e. The van der Waals surface area contributed by atoms with Crippen LogP contribution in [0.1, 0.15) is 36.7 Å². The van der Waals surface area contributed by atoms with E-state index < -0.39 is 17.7 Å². The zero-order valence-corrected chi connectivity index (χ0v) is 18.9. The predicted molar refractivity (Wildman–Crippen MR) is 126 cm³/mol. The van der Waals surface area contributed by atoms with E-state index in [0.29, 0.717) is 23.4 Å². The molecule has 2 heterocycles. The van der Waals surface area contributed by atoms with Crippen LogP contribution in [-0.2, 0) is 16.0 Å². The first-order chi connectivity index (χ1) is 16.3. The standard InChI is InChI=1S/C27H25FN2O4/c1-17(2)34-21-12-8-19(9-13-21)25(31)23-24(22-5-3-4-15-29-22)30(27(33)26(23)32)16-14-18-6-10-20(28)11-7-18/h3-13,15,17,24,31H,14,16H2,1-2H3/b25-23-. The number of nitrogens with zero attached hydrogens (tertiary/aromatic N) is 2. The summed E-state index contributed by atoms with van der Waals surface area (Å²) < 4.78 is 18.9. The van der Waals surface area contributed by atoms with Crippen LogP contribution in [0.3, 0.4) is 0 Å². The maximum atomic E-state index is 13.3. The molecule has 34 heavy (non-hydrogen) atoms. The van der Waals surface area contributed by atoms with Gasteiger partial charge in [0.1, 0.15) is 23.4 Å². The molecule has 1 aromatic heterocycles. The van der Waals surface area contributed by atoms with E-state index in [1.54, 1.807) is 60.8 Å². The van der Waals surface area contributed by atoms with E-state index in [2.05, 4.69) is 4.98 Å². The minimum absolute atomic E-state index is 0.00460. The highest BCUT2D eigenvalue weighted by molar-refractivity contribution is 6.46. The highest BCUT2D eigenvalue weighted by Crippen LogP contribution is 2.38. The number of carbonyl (C=O) groups excluding carboxylic acids is 2. The van der Waals surface area contributed by atoms with Gasteiger partial charge >= 0.3 is 0 Å². The Morgan fingerprint density at radius 3 is 2.38 bits per heavy atom. The zero-order chi connectivity index (χ0) is 24.2. The number of hydrogen-bond donors (Lipinski definition) is 1. The van der Waals surface area contributed by atoms with E-state index >= 15 is 0 Å². The van der Waals surface area contributed by atoms with Crippen molar-refractivity contribution in [2.24, 2.45) is 0 Å². The summed E-state index contributed by atoms with van der Waals surface area (Å²) in [4.78, 5) is 31.9. The minimum atomic E-state index is -0.840. The van der Waals surface area contributed by atoms with E-state index in [4.69, 9.17) is 4.74 Å². The number of amides is 1. The summed E-state index contributed by atoms with van der Waals surface area (Å²) in [5.41, 5.74) is 1.68. The Morgan fingerprint density at radius 2 is 1.76 bits per heavy atom. The van der Waals surface area contributed by atoms with Crippen LogP contribution < -0.4 is 4.74 Å². The molecule has 0 spiro atoms. The molecule has 4 rings (SSSR count). The lowest BCUT2D eigenvalue weighted by Gasteiger charge is -2.24. The zero-order valence-electron chi connectivity index (χ0n) is 18.9. The monoisotopic (exact) mass is 460 g/mol. The van der Waals surface area contributed by atoms with Crippen LogP contribution in [0.25, 0.3) is 5.76 Å². The average molecular weight is 461 g/mol. The first kappa shape index (κ1) is 23.2. The first-order valence-electron chi connectivity index (χ1n) is 11.1. The van der Waals surface area contributed by atoms with Gasteiger partial charge in [0.2, 0.25) is 0 Å². The molecule has 1 saturated heterocycles. The maximum absolute atomic E-state index is 13.3. The van der Waals surface area contributed by atoms with Crippen LogP contribution in [0.2, 0.25) is 0 Å². The fraction of sp³-hybridized carbons (Fsp3) is 0.222. The highest BCUT2D eigenvalue weighted by Gasteiger charge is 2.46. The molecular formula is C27H25FN2O4. The van der Waals surface area contributed by atoms with E-state index in [-0.39, 0.29) is 29.8 Å². The molecule has 0 bridgehead atoms. The average Bonchev–Trinajstić information content (AvgIpc) is 3.09. The maximum Gasteiger partial charge on any atom is 0.295 e. The Morgan fingerprint density at radius 1 is 1.06 bits per heavy atom. The number of Topliss-reactive ketones (excluding diaryl/α,β-unsaturated/α-hetero) is 1. The SMILES string of the molecule is CC(C)Oc1ccc(/C(O)=C2/C(=O)C(=O)N(CCc3ccc(F)cc3)C2c2ccccn2)cc1. The van der Waals surface area contributed by atoms with Crippen LogP contribution in [-0.4, -0.2) is 39.3 Å². The van der Waals surface area contributed by atoms with E-state index in [0.717, 1.165) is 5.56 Å². The number of rotatable bonds is 7. The number of likely N-dealkylation sites (tertiary alicyclic amines) is 1. The molecular weight excluding hydrogens is 435 g/mol. The first-order valence-corrected chi connectivity index (χ1v) is 11.1. The molecule has 2 aromatic carbocycles. The van der Waals surface area contributed by atoms with Crippen molar-refractivity contribution in [1.29, 1.82) is 0 Å². The topological polar surface area (TPSA) is 79.7 Å². The summed E-state index contributed by atoms with van der Waals surface area (Å²) in [6.45, 7) is 4.03. The number of ether oxygens (including phenoxy) is 1. The summed E-state index contributed by atoms with van der Waals surface area (Å²) in [5, 5.41) is 11.1. The number of aliphatic hydroxyl groups excluding tert-OH is 1. The van der Waals surface area contributed by atoms with Crippen LogP contribution in [0.15, 0.2) is 78.5 Å². The van der Waals surface area contributed by atoms with E-state index in [9.17, 15) is 19.1 Å². The Balaban J connectivity index is 1.70. The van der Waals surface area contributed by atoms with Crippen molar-refractivity contribution in [1.82, 2.24) is 9.88 Å². The van der Waals surface area contributed by atoms with Crippen LogP contribution in [0.4, 0.5) is 4.39 Å². The van der Waals surface area contributed by atoms with Gasteiger partial charge in [-0.1, -0.05) is 18.2 Å². The minimum Gasteiger partial charge on any atom is -0.507 e. The molecule has 7 heteroatoms. The molecule has 174 valence electrons. The molecule has 1 atom stereocenters. The molecule has 1 aliphatic rings. The summed E-state index contributed by atoms with van der Waals surface area (Å²) in [7, 11) is 0. The number of ketones is 1. The van der Waals surface area contributed by atoms with Gasteiger partial charge in [0.05, 0.1) is 17.4 Å². The van der Waals surface area contributed by atoms with Crippen molar-refractivity contribution < 1.29 is 23.8 Å². The van der Waals surface area contributed by atoms with Crippen LogP contribution in [0, 0.1) is 5.82 Å². The predicted octanol–water partition coefficient (Wildman–Crippen LogP) is 4.67. The summed E-state index contributed by atoms with van der Waals surface area (Å²) in [6.07, 6.45) is 1.99. The van der Waals surface area contributed by atoms with Gasteiger partial charge in [-0.25, -0.2) is 4.39 Å². The molecule has 3 aromatic rings. The van der Waals surface area contributed by atoms with Gasteiger partial charge in [-0.3, -0.25) is 14.6 Å². The molecule has 6 nitrogen and oxygen atoms in total. The summed E-state index contributed by atoms with van der Waals surface area (Å²) in [5.74, 6) is -1.46. The van der Waals surface area contributed by atoms with Crippen molar-refractivity contribution in [3.8, 4) is 5.75 Å². The van der Waals surface area contributed by atoms with E-state index in [1.807, 2.05) is 13.8 Å². The quantitative estimate of drug-likeness (QED) is 0.315. The van der Waals surface area contributed by atoms with Crippen molar-refractivity contribution in [3.63, 3.8) is 0 Å². The number of pyridine rings is 1. The third kappa shape index (κ3) is 4.83. The van der Waals surface area contributed by atoms with Crippen LogP contribution >= 0.6 is 0 Å². The Labute approximate surface area is 197 Å². The summed E-state index contributed by atoms with van der Waals surface area (Å²) in [6, 6.07) is 17.1. The lowest BCUT2D eigenvalue weighted by molar-refractivity contribution is -0.139. The highest BCUT2D eigenvalue weighted by atomic mass is 19.1. The van der Waals surface area contributed by atoms with Gasteiger partial charge in [0.15, 0.2) is 0 Å². The van der Waals surface area contributed by atoms with Crippen molar-refractivity contribution in [2.45, 2.75) is 32.4 Å². The smallest absolute Gasteiger partial charge is 0.295 e. The van der Waals surface area contributed by atoms with Gasteiger partial charge in [0, 0.05) is 18.3 Å². The third-order valence-corrected chi connectivity index (χ3v) is 5.56. The van der Waals surface area contributed by atoms with Gasteiger partial charge in [-0.2, -0.15) is 0 Å².